The third-order valence-electron chi connectivity index (χ3n) is 6.05. The van der Waals surface area contributed by atoms with Crippen molar-refractivity contribution in [1.29, 1.82) is 0 Å². The van der Waals surface area contributed by atoms with E-state index in [9.17, 15) is 14.0 Å². The number of aromatic nitrogens is 2. The molecule has 1 fully saturated rings. The summed E-state index contributed by atoms with van der Waals surface area (Å²) in [5.41, 5.74) is 3.50. The fourth-order valence-electron chi connectivity index (χ4n) is 4.38. The first kappa shape index (κ1) is 23.6. The summed E-state index contributed by atoms with van der Waals surface area (Å²) >= 11 is 0. The minimum Gasteiger partial charge on any atom is -0.336 e. The molecule has 0 aliphatic carbocycles. The third-order valence-corrected chi connectivity index (χ3v) is 6.05. The van der Waals surface area contributed by atoms with E-state index >= 15 is 0 Å². The van der Waals surface area contributed by atoms with Crippen LogP contribution in [-0.2, 0) is 4.79 Å². The maximum atomic E-state index is 13.5. The van der Waals surface area contributed by atoms with E-state index < -0.39 is 0 Å². The average Bonchev–Trinajstić information content (AvgIpc) is 3.15. The molecule has 1 aromatic heterocycles. The number of carbonyl (C=O) groups is 2. The van der Waals surface area contributed by atoms with Crippen LogP contribution >= 0.6 is 0 Å². The minimum absolute atomic E-state index is 0.0217. The van der Waals surface area contributed by atoms with Gasteiger partial charge in [0.25, 0.3) is 5.91 Å². The molecular weight excluding hydrogens is 433 g/mol. The predicted molar refractivity (Wildman–Crippen MR) is 131 cm³/mol. The highest BCUT2D eigenvalue weighted by molar-refractivity contribution is 5.95. The predicted octanol–water partition coefficient (Wildman–Crippen LogP) is 4.11. The molecule has 7 nitrogen and oxygen atoms in total. The molecular formula is C26H30FN5O2. The summed E-state index contributed by atoms with van der Waals surface area (Å²) < 4.78 is 15.1. The Morgan fingerprint density at radius 2 is 1.65 bits per heavy atom. The summed E-state index contributed by atoms with van der Waals surface area (Å²) in [6.07, 6.45) is 1.12. The molecule has 2 aromatic carbocycles. The van der Waals surface area contributed by atoms with Gasteiger partial charge in [0.2, 0.25) is 5.91 Å². The fraction of sp³-hybridized carbons (Fsp3) is 0.346. The molecule has 0 atom stereocenters. The monoisotopic (exact) mass is 463 g/mol. The van der Waals surface area contributed by atoms with Crippen molar-refractivity contribution in [3.8, 4) is 16.8 Å². The van der Waals surface area contributed by atoms with Crippen molar-refractivity contribution in [2.45, 2.75) is 27.2 Å². The molecule has 4 rings (SSSR count). The van der Waals surface area contributed by atoms with Crippen molar-refractivity contribution in [1.82, 2.24) is 19.6 Å². The van der Waals surface area contributed by atoms with E-state index in [1.807, 2.05) is 24.0 Å². The van der Waals surface area contributed by atoms with Crippen molar-refractivity contribution in [3.05, 3.63) is 65.6 Å². The zero-order chi connectivity index (χ0) is 24.2. The van der Waals surface area contributed by atoms with Gasteiger partial charge in [-0.05, 0) is 61.9 Å². The smallest absolute Gasteiger partial charge is 0.253 e. The van der Waals surface area contributed by atoms with Gasteiger partial charge < -0.3 is 10.2 Å². The van der Waals surface area contributed by atoms with Gasteiger partial charge in [-0.1, -0.05) is 19.1 Å². The topological polar surface area (TPSA) is 70.5 Å². The Labute approximate surface area is 199 Å². The molecule has 34 heavy (non-hydrogen) atoms. The second kappa shape index (κ2) is 10.2. The van der Waals surface area contributed by atoms with Crippen LogP contribution in [0.3, 0.4) is 0 Å². The Balaban J connectivity index is 1.60. The number of aryl methyl sites for hydroxylation is 1. The molecule has 1 aliphatic rings. The summed E-state index contributed by atoms with van der Waals surface area (Å²) in [7, 11) is 0. The molecule has 2 amide bonds. The van der Waals surface area contributed by atoms with Crippen LogP contribution in [0.4, 0.5) is 10.2 Å². The summed E-state index contributed by atoms with van der Waals surface area (Å²) in [6, 6.07) is 13.3. The molecule has 1 aliphatic heterocycles. The largest absolute Gasteiger partial charge is 0.336 e. The Morgan fingerprint density at radius 1 is 1.00 bits per heavy atom. The summed E-state index contributed by atoms with van der Waals surface area (Å²) in [6.45, 7) is 9.77. The molecule has 1 N–H and O–H groups in total. The van der Waals surface area contributed by atoms with Crippen LogP contribution in [0.2, 0.25) is 0 Å². The van der Waals surface area contributed by atoms with Crippen molar-refractivity contribution in [2.75, 3.05) is 38.0 Å². The highest BCUT2D eigenvalue weighted by Gasteiger charge is 2.23. The van der Waals surface area contributed by atoms with E-state index in [-0.39, 0.29) is 17.6 Å². The Hall–Kier alpha value is -3.52. The molecule has 0 spiro atoms. The molecule has 8 heteroatoms. The Kier molecular flexibility index (Phi) is 7.07. The van der Waals surface area contributed by atoms with Crippen molar-refractivity contribution in [2.24, 2.45) is 0 Å². The first-order valence-electron chi connectivity index (χ1n) is 11.6. The van der Waals surface area contributed by atoms with Crippen LogP contribution in [0.25, 0.3) is 16.8 Å². The minimum atomic E-state index is -0.332. The lowest BCUT2D eigenvalue weighted by atomic mass is 10.1. The van der Waals surface area contributed by atoms with Gasteiger partial charge in [0, 0.05) is 44.2 Å². The lowest BCUT2D eigenvalue weighted by Gasteiger charge is -2.34. The van der Waals surface area contributed by atoms with Crippen molar-refractivity contribution < 1.29 is 14.0 Å². The van der Waals surface area contributed by atoms with Gasteiger partial charge in [-0.2, -0.15) is 5.10 Å². The van der Waals surface area contributed by atoms with Gasteiger partial charge in [-0.25, -0.2) is 9.07 Å². The van der Waals surface area contributed by atoms with E-state index in [1.165, 1.54) is 19.1 Å². The summed E-state index contributed by atoms with van der Waals surface area (Å²) in [5, 5.41) is 7.50. The fourth-order valence-corrected chi connectivity index (χ4v) is 4.38. The van der Waals surface area contributed by atoms with Gasteiger partial charge in [0.15, 0.2) is 0 Å². The molecule has 3 aromatic rings. The second-order valence-electron chi connectivity index (χ2n) is 8.59. The Morgan fingerprint density at radius 3 is 2.24 bits per heavy atom. The number of nitrogens with zero attached hydrogens (tertiary/aromatic N) is 4. The van der Waals surface area contributed by atoms with Gasteiger partial charge in [0.05, 0.1) is 11.4 Å². The quantitative estimate of drug-likeness (QED) is 0.597. The van der Waals surface area contributed by atoms with Crippen LogP contribution in [0.5, 0.6) is 0 Å². The number of amides is 2. The van der Waals surface area contributed by atoms with E-state index in [1.54, 1.807) is 28.9 Å². The van der Waals surface area contributed by atoms with Crippen molar-refractivity contribution in [3.63, 3.8) is 0 Å². The van der Waals surface area contributed by atoms with E-state index in [2.05, 4.69) is 22.2 Å². The first-order chi connectivity index (χ1) is 16.4. The van der Waals surface area contributed by atoms with Crippen LogP contribution in [-0.4, -0.2) is 64.1 Å². The van der Waals surface area contributed by atoms with Gasteiger partial charge >= 0.3 is 0 Å². The zero-order valence-corrected chi connectivity index (χ0v) is 19.8. The highest BCUT2D eigenvalue weighted by atomic mass is 19.1. The lowest BCUT2D eigenvalue weighted by molar-refractivity contribution is -0.114. The average molecular weight is 464 g/mol. The number of benzene rings is 2. The standard InChI is InChI=1S/C26H30FN5O2/c1-4-13-30-14-16-31(17-15-30)26(34)21-7-11-23(12-8-21)32-25(28-19(3)33)24(18(2)29-32)20-5-9-22(27)10-6-20/h5-12H,4,13-17H2,1-3H3,(H,28,33). The third kappa shape index (κ3) is 5.02. The van der Waals surface area contributed by atoms with Gasteiger partial charge in [-0.15, -0.1) is 0 Å². The van der Waals surface area contributed by atoms with Gasteiger partial charge in [-0.3, -0.25) is 14.5 Å². The molecule has 178 valence electrons. The number of anilines is 1. The highest BCUT2D eigenvalue weighted by Crippen LogP contribution is 2.33. The summed E-state index contributed by atoms with van der Waals surface area (Å²) in [4.78, 5) is 29.2. The molecule has 0 unspecified atom stereocenters. The number of hydrogen-bond donors (Lipinski definition) is 1. The number of rotatable bonds is 6. The molecule has 0 bridgehead atoms. The SMILES string of the molecule is CCCN1CCN(C(=O)c2ccc(-n3nc(C)c(-c4ccc(F)cc4)c3NC(C)=O)cc2)CC1. The van der Waals surface area contributed by atoms with E-state index in [0.29, 0.717) is 22.8 Å². The number of halogens is 1. The molecule has 1 saturated heterocycles. The number of hydrogen-bond acceptors (Lipinski definition) is 4. The maximum Gasteiger partial charge on any atom is 0.253 e. The summed E-state index contributed by atoms with van der Waals surface area (Å²) in [5.74, 6) is -0.0448. The number of piperazine rings is 1. The van der Waals surface area contributed by atoms with Crippen LogP contribution < -0.4 is 5.32 Å². The van der Waals surface area contributed by atoms with Crippen LogP contribution in [0.1, 0.15) is 36.3 Å². The van der Waals surface area contributed by atoms with E-state index in [0.717, 1.165) is 50.3 Å². The normalized spacial score (nSPS) is 14.3. The van der Waals surface area contributed by atoms with E-state index in [4.69, 9.17) is 0 Å². The molecule has 0 saturated carbocycles. The molecule has 0 radical (unpaired) electrons. The lowest BCUT2D eigenvalue weighted by Crippen LogP contribution is -2.48. The van der Waals surface area contributed by atoms with Crippen LogP contribution in [0, 0.1) is 12.7 Å². The number of nitrogens with one attached hydrogen (secondary N) is 1. The number of carbonyl (C=O) groups excluding carboxylic acids is 2. The Bertz CT molecular complexity index is 1160. The second-order valence-corrected chi connectivity index (χ2v) is 8.59. The van der Waals surface area contributed by atoms with Crippen molar-refractivity contribution >= 4 is 17.6 Å². The first-order valence-corrected chi connectivity index (χ1v) is 11.6. The molecule has 2 heterocycles. The maximum absolute atomic E-state index is 13.5. The zero-order valence-electron chi connectivity index (χ0n) is 19.8. The van der Waals surface area contributed by atoms with Gasteiger partial charge in [0.1, 0.15) is 11.6 Å². The van der Waals surface area contributed by atoms with Crippen LogP contribution in [0.15, 0.2) is 48.5 Å².